The first-order valence-corrected chi connectivity index (χ1v) is 12.3. The molecule has 0 spiro atoms. The van der Waals surface area contributed by atoms with Crippen molar-refractivity contribution in [2.45, 2.75) is 31.9 Å². The minimum Gasteiger partial charge on any atom is -0.350 e. The molecule has 0 aliphatic carbocycles. The van der Waals surface area contributed by atoms with Gasteiger partial charge in [0.05, 0.1) is 11.0 Å². The Labute approximate surface area is 207 Å². The van der Waals surface area contributed by atoms with E-state index in [1.165, 1.54) is 11.6 Å². The number of rotatable bonds is 5. The van der Waals surface area contributed by atoms with Crippen molar-refractivity contribution in [3.8, 4) is 11.1 Å². The number of halogens is 3. The molecule has 1 saturated heterocycles. The zero-order valence-corrected chi connectivity index (χ0v) is 20.0. The lowest BCUT2D eigenvalue weighted by molar-refractivity contribution is 0.0681. The number of fused-ring (bicyclic) bond motifs is 2. The first-order chi connectivity index (χ1) is 17.5. The summed E-state index contributed by atoms with van der Waals surface area (Å²) >= 11 is 0. The zero-order valence-electron chi connectivity index (χ0n) is 20.0. The van der Waals surface area contributed by atoms with E-state index in [1.54, 1.807) is 30.3 Å². The highest BCUT2D eigenvalue weighted by molar-refractivity contribution is 5.96. The van der Waals surface area contributed by atoms with Gasteiger partial charge >= 0.3 is 6.55 Å². The Morgan fingerprint density at radius 3 is 2.53 bits per heavy atom. The van der Waals surface area contributed by atoms with Crippen LogP contribution in [0.4, 0.5) is 13.2 Å². The molecule has 7 heteroatoms. The quantitative estimate of drug-likeness (QED) is 0.264. The van der Waals surface area contributed by atoms with Crippen LogP contribution in [0.1, 0.15) is 36.7 Å². The molecule has 184 valence electrons. The van der Waals surface area contributed by atoms with Gasteiger partial charge in [-0.25, -0.2) is 9.37 Å². The van der Waals surface area contributed by atoms with Crippen molar-refractivity contribution in [3.63, 3.8) is 0 Å². The SMILES string of the molecule is Cn1cc(-c2cccc(F)c2)c2ccc(CN3CCC(c4nc5ccccc5n4C(F)F)CC3)cc21. The fourth-order valence-electron chi connectivity index (χ4n) is 5.58. The van der Waals surface area contributed by atoms with Gasteiger partial charge in [-0.1, -0.05) is 36.4 Å². The molecule has 4 nitrogen and oxygen atoms in total. The Bertz CT molecular complexity index is 1540. The normalized spacial score (nSPS) is 15.5. The molecule has 0 unspecified atom stereocenters. The molecule has 1 aliphatic heterocycles. The van der Waals surface area contributed by atoms with Gasteiger partial charge in [-0.3, -0.25) is 9.47 Å². The lowest BCUT2D eigenvalue weighted by Gasteiger charge is -2.32. The molecule has 0 bridgehead atoms. The summed E-state index contributed by atoms with van der Waals surface area (Å²) in [7, 11) is 2.01. The first-order valence-electron chi connectivity index (χ1n) is 12.3. The molecule has 5 aromatic rings. The molecule has 3 aromatic carbocycles. The van der Waals surface area contributed by atoms with Crippen LogP contribution in [0.15, 0.2) is 72.9 Å². The summed E-state index contributed by atoms with van der Waals surface area (Å²) < 4.78 is 44.8. The predicted molar refractivity (Wildman–Crippen MR) is 137 cm³/mol. The molecule has 0 radical (unpaired) electrons. The predicted octanol–water partition coefficient (Wildman–Crippen LogP) is 7.11. The molecule has 0 N–H and O–H groups in total. The number of hydrogen-bond acceptors (Lipinski definition) is 2. The number of aromatic nitrogens is 3. The smallest absolute Gasteiger partial charge is 0.320 e. The van der Waals surface area contributed by atoms with Gasteiger partial charge in [0.1, 0.15) is 11.6 Å². The molecule has 0 saturated carbocycles. The number of para-hydroxylation sites is 2. The second-order valence-corrected chi connectivity index (χ2v) is 9.67. The third kappa shape index (κ3) is 4.07. The van der Waals surface area contributed by atoms with Gasteiger partial charge in [0, 0.05) is 42.2 Å². The van der Waals surface area contributed by atoms with E-state index in [1.807, 2.05) is 25.4 Å². The van der Waals surface area contributed by atoms with Gasteiger partial charge in [-0.05, 0) is 67.4 Å². The van der Waals surface area contributed by atoms with Crippen LogP contribution in [-0.2, 0) is 13.6 Å². The highest BCUT2D eigenvalue weighted by atomic mass is 19.3. The number of benzene rings is 3. The average molecular weight is 489 g/mol. The van der Waals surface area contributed by atoms with Crippen LogP contribution in [0.2, 0.25) is 0 Å². The second kappa shape index (κ2) is 9.13. The maximum Gasteiger partial charge on any atom is 0.320 e. The fourth-order valence-corrected chi connectivity index (χ4v) is 5.58. The van der Waals surface area contributed by atoms with Crippen LogP contribution in [0.25, 0.3) is 33.1 Å². The molecule has 0 atom stereocenters. The summed E-state index contributed by atoms with van der Waals surface area (Å²) in [6.07, 6.45) is 3.64. The maximum absolute atomic E-state index is 13.9. The zero-order chi connectivity index (χ0) is 24.8. The Morgan fingerprint density at radius 1 is 0.944 bits per heavy atom. The standard InChI is InChI=1S/C29H27F3N4/c1-34-18-24(21-5-4-6-22(30)16-21)23-10-9-19(15-27(23)34)17-35-13-11-20(12-14-35)28-33-25-7-2-3-8-26(25)36(28)29(31)32/h2-10,15-16,18,20,29H,11-14,17H2,1H3. The van der Waals surface area contributed by atoms with Crippen LogP contribution in [0.5, 0.6) is 0 Å². The van der Waals surface area contributed by atoms with Gasteiger partial charge in [-0.15, -0.1) is 0 Å². The molecular weight excluding hydrogens is 461 g/mol. The van der Waals surface area contributed by atoms with Crippen LogP contribution < -0.4 is 0 Å². The summed E-state index contributed by atoms with van der Waals surface area (Å²) in [6.45, 7) is -0.137. The van der Waals surface area contributed by atoms with Crippen LogP contribution in [0, 0.1) is 5.82 Å². The third-order valence-electron chi connectivity index (χ3n) is 7.37. The highest BCUT2D eigenvalue weighted by Gasteiger charge is 2.28. The summed E-state index contributed by atoms with van der Waals surface area (Å²) in [5, 5.41) is 1.09. The van der Waals surface area contributed by atoms with E-state index in [2.05, 4.69) is 32.7 Å². The Kier molecular flexibility index (Phi) is 5.80. The topological polar surface area (TPSA) is 26.0 Å². The number of imidazole rings is 1. The number of piperidine rings is 1. The second-order valence-electron chi connectivity index (χ2n) is 9.67. The fraction of sp³-hybridized carbons (Fsp3) is 0.276. The molecule has 1 aliphatic rings. The molecule has 6 rings (SSSR count). The number of likely N-dealkylation sites (tertiary alicyclic amines) is 1. The number of hydrogen-bond donors (Lipinski definition) is 0. The van der Waals surface area contributed by atoms with E-state index < -0.39 is 6.55 Å². The van der Waals surface area contributed by atoms with Crippen molar-refractivity contribution in [1.82, 2.24) is 19.0 Å². The number of alkyl halides is 2. The number of aryl methyl sites for hydroxylation is 1. The van der Waals surface area contributed by atoms with E-state index in [4.69, 9.17) is 0 Å². The van der Waals surface area contributed by atoms with Gasteiger partial charge in [0.15, 0.2) is 0 Å². The average Bonchev–Trinajstić information content (AvgIpc) is 3.43. The largest absolute Gasteiger partial charge is 0.350 e. The summed E-state index contributed by atoms with van der Waals surface area (Å²) in [5.41, 5.74) is 5.31. The Balaban J connectivity index is 1.19. The minimum atomic E-state index is -2.60. The van der Waals surface area contributed by atoms with Crippen molar-refractivity contribution in [2.24, 2.45) is 7.05 Å². The number of nitrogens with zero attached hydrogens (tertiary/aromatic N) is 4. The Hall–Kier alpha value is -3.58. The van der Waals surface area contributed by atoms with Crippen molar-refractivity contribution < 1.29 is 13.2 Å². The van der Waals surface area contributed by atoms with Crippen molar-refractivity contribution >= 4 is 21.9 Å². The van der Waals surface area contributed by atoms with Crippen LogP contribution in [-0.4, -0.2) is 32.1 Å². The van der Waals surface area contributed by atoms with Gasteiger partial charge < -0.3 is 4.57 Å². The van der Waals surface area contributed by atoms with E-state index in [-0.39, 0.29) is 11.7 Å². The van der Waals surface area contributed by atoms with Gasteiger partial charge in [0.2, 0.25) is 0 Å². The van der Waals surface area contributed by atoms with Crippen molar-refractivity contribution in [2.75, 3.05) is 13.1 Å². The van der Waals surface area contributed by atoms with Crippen LogP contribution in [0.3, 0.4) is 0 Å². The lowest BCUT2D eigenvalue weighted by atomic mass is 9.95. The van der Waals surface area contributed by atoms with E-state index >= 15 is 0 Å². The van der Waals surface area contributed by atoms with E-state index in [0.29, 0.717) is 16.9 Å². The molecule has 1 fully saturated rings. The summed E-state index contributed by atoms with van der Waals surface area (Å²) in [5.74, 6) is 0.279. The monoisotopic (exact) mass is 488 g/mol. The van der Waals surface area contributed by atoms with E-state index in [9.17, 15) is 13.2 Å². The first kappa shape index (κ1) is 22.9. The molecule has 0 amide bonds. The summed E-state index contributed by atoms with van der Waals surface area (Å²) in [4.78, 5) is 6.96. The highest BCUT2D eigenvalue weighted by Crippen LogP contribution is 2.35. The molecule has 36 heavy (non-hydrogen) atoms. The maximum atomic E-state index is 13.9. The molecule has 3 heterocycles. The van der Waals surface area contributed by atoms with Crippen molar-refractivity contribution in [3.05, 3.63) is 90.1 Å². The third-order valence-corrected chi connectivity index (χ3v) is 7.37. The van der Waals surface area contributed by atoms with Crippen molar-refractivity contribution in [1.29, 1.82) is 0 Å². The van der Waals surface area contributed by atoms with E-state index in [0.717, 1.165) is 59.1 Å². The molecule has 2 aromatic heterocycles. The van der Waals surface area contributed by atoms with Crippen LogP contribution >= 0.6 is 0 Å². The summed E-state index contributed by atoms with van der Waals surface area (Å²) in [6, 6.07) is 20.3. The minimum absolute atomic E-state index is 0.0202. The lowest BCUT2D eigenvalue weighted by Crippen LogP contribution is -2.33. The van der Waals surface area contributed by atoms with Gasteiger partial charge in [-0.2, -0.15) is 8.78 Å². The van der Waals surface area contributed by atoms with Gasteiger partial charge in [0.25, 0.3) is 0 Å². The Morgan fingerprint density at radius 2 is 1.75 bits per heavy atom. The molecular formula is C29H27F3N4.